The van der Waals surface area contributed by atoms with Gasteiger partial charge in [0.2, 0.25) is 0 Å². The van der Waals surface area contributed by atoms with Crippen molar-refractivity contribution in [2.24, 2.45) is 0 Å². The molecule has 2 aromatic carbocycles. The largest absolute Gasteiger partial charge is 0.495 e. The normalized spacial score (nSPS) is 11.5. The second kappa shape index (κ2) is 8.18. The molecule has 1 atom stereocenters. The minimum atomic E-state index is -0.995. The summed E-state index contributed by atoms with van der Waals surface area (Å²) in [7, 11) is 1.51. The summed E-state index contributed by atoms with van der Waals surface area (Å²) in [5, 5.41) is 9.43. The zero-order chi connectivity index (χ0) is 19.2. The molecule has 7 heteroatoms. The van der Waals surface area contributed by atoms with E-state index < -0.39 is 18.0 Å². The number of esters is 1. The summed E-state index contributed by atoms with van der Waals surface area (Å²) >= 11 is 0. The average Bonchev–Trinajstić information content (AvgIpc) is 3.19. The first-order chi connectivity index (χ1) is 13.1. The number of para-hydroxylation sites is 2. The maximum absolute atomic E-state index is 12.3. The van der Waals surface area contributed by atoms with E-state index in [0.717, 1.165) is 5.56 Å². The van der Waals surface area contributed by atoms with Gasteiger partial charge in [0.25, 0.3) is 5.91 Å². The van der Waals surface area contributed by atoms with Crippen LogP contribution in [0.1, 0.15) is 17.4 Å². The maximum atomic E-state index is 12.3. The summed E-state index contributed by atoms with van der Waals surface area (Å²) in [4.78, 5) is 24.6. The van der Waals surface area contributed by atoms with E-state index >= 15 is 0 Å². The zero-order valence-corrected chi connectivity index (χ0v) is 14.9. The van der Waals surface area contributed by atoms with Gasteiger partial charge in [-0.25, -0.2) is 4.79 Å². The third kappa shape index (κ3) is 4.33. The lowest BCUT2D eigenvalue weighted by atomic mass is 10.1. The van der Waals surface area contributed by atoms with E-state index in [1.54, 1.807) is 30.3 Å². The Morgan fingerprint density at radius 1 is 1.07 bits per heavy atom. The first kappa shape index (κ1) is 18.2. The molecule has 0 spiro atoms. The topological polar surface area (TPSA) is 93.3 Å². The quantitative estimate of drug-likeness (QED) is 0.654. The van der Waals surface area contributed by atoms with Gasteiger partial charge in [0.1, 0.15) is 11.4 Å². The number of hydrogen-bond donors (Lipinski definition) is 2. The molecule has 7 nitrogen and oxygen atoms in total. The van der Waals surface area contributed by atoms with E-state index in [4.69, 9.17) is 9.47 Å². The third-order valence-electron chi connectivity index (χ3n) is 3.89. The number of hydrogen-bond acceptors (Lipinski definition) is 5. The van der Waals surface area contributed by atoms with Crippen LogP contribution in [0, 0.1) is 0 Å². The number of carbonyl (C=O) groups is 2. The zero-order valence-electron chi connectivity index (χ0n) is 14.9. The van der Waals surface area contributed by atoms with E-state index in [9.17, 15) is 9.59 Å². The molecule has 0 saturated heterocycles. The fourth-order valence-electron chi connectivity index (χ4n) is 2.44. The van der Waals surface area contributed by atoms with Crippen molar-refractivity contribution in [3.05, 3.63) is 66.4 Å². The number of nitrogens with zero attached hydrogens (tertiary/aromatic N) is 1. The number of amides is 1. The van der Waals surface area contributed by atoms with E-state index in [-0.39, 0.29) is 5.69 Å². The lowest BCUT2D eigenvalue weighted by molar-refractivity contribution is -0.123. The lowest BCUT2D eigenvalue weighted by Gasteiger charge is -2.14. The first-order valence-corrected chi connectivity index (χ1v) is 8.34. The molecule has 0 radical (unpaired) electrons. The Kier molecular flexibility index (Phi) is 5.51. The lowest BCUT2D eigenvalue weighted by Crippen LogP contribution is -2.30. The van der Waals surface area contributed by atoms with Crippen LogP contribution in [0.4, 0.5) is 5.69 Å². The molecule has 1 heterocycles. The van der Waals surface area contributed by atoms with Gasteiger partial charge in [-0.15, -0.1) is 0 Å². The summed E-state index contributed by atoms with van der Waals surface area (Å²) in [5.74, 6) is -0.603. The average molecular weight is 365 g/mol. The molecular weight excluding hydrogens is 346 g/mol. The van der Waals surface area contributed by atoms with E-state index in [1.807, 2.05) is 30.3 Å². The molecule has 1 amide bonds. The second-order valence-electron chi connectivity index (χ2n) is 5.77. The smallest absolute Gasteiger partial charge is 0.357 e. The van der Waals surface area contributed by atoms with Gasteiger partial charge in [-0.1, -0.05) is 42.5 Å². The molecule has 138 valence electrons. The van der Waals surface area contributed by atoms with Crippen LogP contribution in [0.15, 0.2) is 60.7 Å². The monoisotopic (exact) mass is 365 g/mol. The van der Waals surface area contributed by atoms with Crippen molar-refractivity contribution in [2.45, 2.75) is 13.0 Å². The fraction of sp³-hybridized carbons (Fsp3) is 0.150. The Morgan fingerprint density at radius 3 is 2.52 bits per heavy atom. The van der Waals surface area contributed by atoms with Gasteiger partial charge >= 0.3 is 5.97 Å². The highest BCUT2D eigenvalue weighted by atomic mass is 16.5. The van der Waals surface area contributed by atoms with Gasteiger partial charge in [-0.3, -0.25) is 9.89 Å². The molecule has 0 unspecified atom stereocenters. The van der Waals surface area contributed by atoms with Crippen LogP contribution in [-0.2, 0) is 9.53 Å². The predicted molar refractivity (Wildman–Crippen MR) is 101 cm³/mol. The number of aromatic amines is 1. The van der Waals surface area contributed by atoms with Crippen LogP contribution in [-0.4, -0.2) is 35.3 Å². The molecule has 0 fully saturated rings. The summed E-state index contributed by atoms with van der Waals surface area (Å²) in [6.45, 7) is 1.50. The Bertz CT molecular complexity index is 937. The highest BCUT2D eigenvalue weighted by molar-refractivity contribution is 5.98. The summed E-state index contributed by atoms with van der Waals surface area (Å²) in [5.41, 5.74) is 2.16. The van der Waals surface area contributed by atoms with Crippen LogP contribution in [0.5, 0.6) is 5.75 Å². The van der Waals surface area contributed by atoms with Crippen molar-refractivity contribution >= 4 is 17.6 Å². The minimum absolute atomic E-state index is 0.172. The van der Waals surface area contributed by atoms with Crippen LogP contribution in [0.2, 0.25) is 0 Å². The minimum Gasteiger partial charge on any atom is -0.495 e. The van der Waals surface area contributed by atoms with Crippen LogP contribution >= 0.6 is 0 Å². The summed E-state index contributed by atoms with van der Waals surface area (Å²) < 4.78 is 10.4. The Balaban J connectivity index is 1.63. The van der Waals surface area contributed by atoms with Gasteiger partial charge in [-0.05, 0) is 25.1 Å². The van der Waals surface area contributed by atoms with Gasteiger partial charge in [0.05, 0.1) is 18.5 Å². The highest BCUT2D eigenvalue weighted by Crippen LogP contribution is 2.23. The number of nitrogens with one attached hydrogen (secondary N) is 2. The maximum Gasteiger partial charge on any atom is 0.357 e. The Morgan fingerprint density at radius 2 is 1.78 bits per heavy atom. The van der Waals surface area contributed by atoms with Crippen LogP contribution in [0.25, 0.3) is 11.3 Å². The number of carbonyl (C=O) groups excluding carboxylic acids is 2. The molecule has 2 N–H and O–H groups in total. The molecule has 0 aliphatic carbocycles. The van der Waals surface area contributed by atoms with E-state index in [0.29, 0.717) is 17.1 Å². The third-order valence-corrected chi connectivity index (χ3v) is 3.89. The molecule has 0 saturated carbocycles. The Labute approximate surface area is 156 Å². The molecule has 0 aliphatic heterocycles. The van der Waals surface area contributed by atoms with Crippen molar-refractivity contribution in [3.8, 4) is 17.0 Å². The number of H-pyrrole nitrogens is 1. The number of methoxy groups -OCH3 is 1. The van der Waals surface area contributed by atoms with Gasteiger partial charge in [0.15, 0.2) is 6.10 Å². The molecule has 27 heavy (non-hydrogen) atoms. The van der Waals surface area contributed by atoms with Crippen molar-refractivity contribution in [1.82, 2.24) is 10.2 Å². The fourth-order valence-corrected chi connectivity index (χ4v) is 2.44. The SMILES string of the molecule is COc1ccccc1NC(=O)[C@H](C)OC(=O)c1cc(-c2ccccc2)n[nH]1. The van der Waals surface area contributed by atoms with Crippen molar-refractivity contribution in [2.75, 3.05) is 12.4 Å². The number of benzene rings is 2. The van der Waals surface area contributed by atoms with Gasteiger partial charge in [-0.2, -0.15) is 5.10 Å². The molecule has 0 aliphatic rings. The number of ether oxygens (including phenoxy) is 2. The van der Waals surface area contributed by atoms with Crippen molar-refractivity contribution in [3.63, 3.8) is 0 Å². The standard InChI is InChI=1S/C20H19N3O4/c1-13(19(24)21-15-10-6-7-11-18(15)26-2)27-20(25)17-12-16(22-23-17)14-8-4-3-5-9-14/h3-13H,1-2H3,(H,21,24)(H,22,23)/t13-/m0/s1. The highest BCUT2D eigenvalue weighted by Gasteiger charge is 2.21. The van der Waals surface area contributed by atoms with Gasteiger partial charge < -0.3 is 14.8 Å². The van der Waals surface area contributed by atoms with Crippen molar-refractivity contribution < 1.29 is 19.1 Å². The number of rotatable bonds is 6. The summed E-state index contributed by atoms with van der Waals surface area (Å²) in [6.07, 6.45) is -0.995. The molecule has 3 aromatic rings. The number of aromatic nitrogens is 2. The molecule has 0 bridgehead atoms. The second-order valence-corrected chi connectivity index (χ2v) is 5.77. The van der Waals surface area contributed by atoms with E-state index in [1.165, 1.54) is 14.0 Å². The van der Waals surface area contributed by atoms with Crippen LogP contribution in [0.3, 0.4) is 0 Å². The summed E-state index contributed by atoms with van der Waals surface area (Å²) in [6, 6.07) is 18.0. The molecule has 3 rings (SSSR count). The Hall–Kier alpha value is -3.61. The van der Waals surface area contributed by atoms with E-state index in [2.05, 4.69) is 15.5 Å². The van der Waals surface area contributed by atoms with Crippen LogP contribution < -0.4 is 10.1 Å². The van der Waals surface area contributed by atoms with Gasteiger partial charge in [0, 0.05) is 5.56 Å². The van der Waals surface area contributed by atoms with Crippen molar-refractivity contribution in [1.29, 1.82) is 0 Å². The molecular formula is C20H19N3O4. The first-order valence-electron chi connectivity index (χ1n) is 8.34. The molecule has 1 aromatic heterocycles. The predicted octanol–water partition coefficient (Wildman–Crippen LogP) is 3.27. The number of anilines is 1.